The third-order valence-electron chi connectivity index (χ3n) is 9.60. The number of hydrogen-bond acceptors (Lipinski definition) is 6. The van der Waals surface area contributed by atoms with Crippen LogP contribution < -0.4 is 10.6 Å². The molecule has 1 aliphatic carbocycles. The number of rotatable bonds is 9. The number of piperidine rings is 1. The zero-order chi connectivity index (χ0) is 28.0. The summed E-state index contributed by atoms with van der Waals surface area (Å²) in [5.41, 5.74) is 5.74. The smallest absolute Gasteiger partial charge is 0.259 e. The maximum atomic E-state index is 13.4. The van der Waals surface area contributed by atoms with Crippen molar-refractivity contribution in [2.75, 3.05) is 18.4 Å². The summed E-state index contributed by atoms with van der Waals surface area (Å²) >= 11 is 0. The Labute approximate surface area is 236 Å². The SMILES string of the molecule is CCC1(CC2CC2)CCN(Cc2ccc(CNc3cccc4c3C(=O)N(C3CCC(=O)NC3=O)C4O)cc2C)C1. The average molecular weight is 545 g/mol. The molecule has 1 saturated carbocycles. The minimum absolute atomic E-state index is 0.140. The molecule has 3 atom stereocenters. The molecule has 8 nitrogen and oxygen atoms in total. The van der Waals surface area contributed by atoms with Gasteiger partial charge in [-0.15, -0.1) is 0 Å². The van der Waals surface area contributed by atoms with E-state index in [2.05, 4.69) is 47.6 Å². The number of amides is 3. The number of nitrogens with zero attached hydrogens (tertiary/aromatic N) is 2. The molecule has 3 aliphatic heterocycles. The van der Waals surface area contributed by atoms with Gasteiger partial charge in [0.25, 0.3) is 5.91 Å². The molecule has 2 saturated heterocycles. The van der Waals surface area contributed by atoms with E-state index in [9.17, 15) is 19.5 Å². The van der Waals surface area contributed by atoms with Gasteiger partial charge in [-0.2, -0.15) is 0 Å². The van der Waals surface area contributed by atoms with Crippen molar-refractivity contribution >= 4 is 23.4 Å². The third-order valence-corrected chi connectivity index (χ3v) is 9.60. The minimum Gasteiger partial charge on any atom is -0.380 e. The Morgan fingerprint density at radius 2 is 1.95 bits per heavy atom. The van der Waals surface area contributed by atoms with E-state index in [-0.39, 0.29) is 18.7 Å². The fraction of sp³-hybridized carbons (Fsp3) is 0.531. The van der Waals surface area contributed by atoms with E-state index in [0.717, 1.165) is 18.0 Å². The van der Waals surface area contributed by atoms with Gasteiger partial charge in [0.15, 0.2) is 6.23 Å². The Balaban J connectivity index is 1.11. The van der Waals surface area contributed by atoms with Crippen LogP contribution in [-0.4, -0.2) is 51.8 Å². The number of hydrogen-bond donors (Lipinski definition) is 3. The van der Waals surface area contributed by atoms with Crippen molar-refractivity contribution in [2.45, 2.75) is 84.2 Å². The van der Waals surface area contributed by atoms with E-state index in [4.69, 9.17) is 0 Å². The number of nitrogens with one attached hydrogen (secondary N) is 2. The topological polar surface area (TPSA) is 102 Å². The predicted molar refractivity (Wildman–Crippen MR) is 152 cm³/mol. The van der Waals surface area contributed by atoms with Gasteiger partial charge in [0.1, 0.15) is 6.04 Å². The number of aryl methyl sites for hydroxylation is 1. The third kappa shape index (κ3) is 5.15. The molecule has 2 aromatic rings. The number of aliphatic hydroxyl groups excluding tert-OH is 1. The minimum atomic E-state index is -1.23. The molecule has 3 fully saturated rings. The maximum Gasteiger partial charge on any atom is 0.259 e. The van der Waals surface area contributed by atoms with Gasteiger partial charge < -0.3 is 10.4 Å². The van der Waals surface area contributed by atoms with Crippen molar-refractivity contribution in [1.29, 1.82) is 0 Å². The number of fused-ring (bicyclic) bond motifs is 1. The fourth-order valence-corrected chi connectivity index (χ4v) is 7.00. The molecule has 3 N–H and O–H groups in total. The van der Waals surface area contributed by atoms with Crippen LogP contribution in [0.2, 0.25) is 0 Å². The van der Waals surface area contributed by atoms with Gasteiger partial charge in [-0.1, -0.05) is 50.1 Å². The van der Waals surface area contributed by atoms with Crippen molar-refractivity contribution in [3.8, 4) is 0 Å². The molecule has 0 aromatic heterocycles. The first kappa shape index (κ1) is 27.0. The quantitative estimate of drug-likeness (QED) is 0.408. The summed E-state index contributed by atoms with van der Waals surface area (Å²) in [6, 6.07) is 11.1. The number of anilines is 1. The number of imide groups is 1. The normalized spacial score (nSPS) is 26.8. The zero-order valence-corrected chi connectivity index (χ0v) is 23.5. The van der Waals surface area contributed by atoms with Crippen LogP contribution in [0, 0.1) is 18.3 Å². The molecule has 3 heterocycles. The van der Waals surface area contributed by atoms with Crippen LogP contribution in [-0.2, 0) is 22.7 Å². The van der Waals surface area contributed by atoms with Crippen LogP contribution >= 0.6 is 0 Å². The highest BCUT2D eigenvalue weighted by molar-refractivity contribution is 6.08. The Hall–Kier alpha value is -3.23. The van der Waals surface area contributed by atoms with Gasteiger partial charge in [-0.25, -0.2) is 0 Å². The Kier molecular flexibility index (Phi) is 7.17. The van der Waals surface area contributed by atoms with Crippen molar-refractivity contribution in [2.24, 2.45) is 11.3 Å². The molecule has 0 bridgehead atoms. The Bertz CT molecular complexity index is 1340. The van der Waals surface area contributed by atoms with E-state index < -0.39 is 24.1 Å². The number of aliphatic hydroxyl groups is 1. The van der Waals surface area contributed by atoms with Gasteiger partial charge in [-0.3, -0.25) is 29.5 Å². The second kappa shape index (κ2) is 10.6. The molecule has 3 amide bonds. The summed E-state index contributed by atoms with van der Waals surface area (Å²) in [7, 11) is 0. The average Bonchev–Trinajstić information content (AvgIpc) is 3.60. The molecule has 6 rings (SSSR count). The molecule has 2 aromatic carbocycles. The molecule has 0 radical (unpaired) electrons. The molecule has 40 heavy (non-hydrogen) atoms. The first-order chi connectivity index (χ1) is 19.3. The molecule has 8 heteroatoms. The van der Waals surface area contributed by atoms with Crippen molar-refractivity contribution in [1.82, 2.24) is 15.1 Å². The van der Waals surface area contributed by atoms with Crippen molar-refractivity contribution < 1.29 is 19.5 Å². The Morgan fingerprint density at radius 3 is 2.67 bits per heavy atom. The van der Waals surface area contributed by atoms with Crippen LogP contribution in [0.25, 0.3) is 0 Å². The second-order valence-corrected chi connectivity index (χ2v) is 12.4. The van der Waals surface area contributed by atoms with E-state index in [1.54, 1.807) is 12.1 Å². The maximum absolute atomic E-state index is 13.4. The summed E-state index contributed by atoms with van der Waals surface area (Å²) in [5, 5.41) is 16.6. The van der Waals surface area contributed by atoms with Crippen molar-refractivity contribution in [3.05, 3.63) is 64.2 Å². The largest absolute Gasteiger partial charge is 0.380 e. The first-order valence-corrected chi connectivity index (χ1v) is 14.8. The Morgan fingerprint density at radius 1 is 1.12 bits per heavy atom. The van der Waals surface area contributed by atoms with Crippen LogP contribution in [0.15, 0.2) is 36.4 Å². The van der Waals surface area contributed by atoms with Gasteiger partial charge in [0.2, 0.25) is 11.8 Å². The van der Waals surface area contributed by atoms with Gasteiger partial charge in [-0.05, 0) is 73.2 Å². The van der Waals surface area contributed by atoms with E-state index in [1.807, 2.05) is 6.07 Å². The lowest BCUT2D eigenvalue weighted by Crippen LogP contribution is -2.53. The van der Waals surface area contributed by atoms with E-state index >= 15 is 0 Å². The lowest BCUT2D eigenvalue weighted by atomic mass is 9.79. The summed E-state index contributed by atoms with van der Waals surface area (Å²) < 4.78 is 0. The first-order valence-electron chi connectivity index (χ1n) is 14.8. The van der Waals surface area contributed by atoms with Crippen LogP contribution in [0.4, 0.5) is 5.69 Å². The summed E-state index contributed by atoms with van der Waals surface area (Å²) in [6.45, 7) is 8.44. The standard InChI is InChI=1S/C32H40N4O4/c1-3-32(16-21-7-8-21)13-14-35(19-32)18-23-10-9-22(15-20(23)2)17-33-25-6-4-5-24-28(25)31(40)36(30(24)39)26-11-12-27(37)34-29(26)38/h4-6,9-10,15,21,26,30,33,39H,3,7-8,11-14,16-19H2,1-2H3,(H,34,37,38). The van der Waals surface area contributed by atoms with Gasteiger partial charge >= 0.3 is 0 Å². The highest BCUT2D eigenvalue weighted by Gasteiger charge is 2.45. The monoisotopic (exact) mass is 544 g/mol. The number of carbonyl (C=O) groups is 3. The van der Waals surface area contributed by atoms with Crippen LogP contribution in [0.5, 0.6) is 0 Å². The highest BCUT2D eigenvalue weighted by atomic mass is 16.3. The summed E-state index contributed by atoms with van der Waals surface area (Å²) in [5.74, 6) is -0.328. The highest BCUT2D eigenvalue weighted by Crippen LogP contribution is 2.47. The van der Waals surface area contributed by atoms with Crippen molar-refractivity contribution in [3.63, 3.8) is 0 Å². The van der Waals surface area contributed by atoms with E-state index in [0.29, 0.717) is 28.8 Å². The molecule has 0 spiro atoms. The lowest BCUT2D eigenvalue weighted by Gasteiger charge is -2.31. The number of likely N-dealkylation sites (tertiary alicyclic amines) is 1. The fourth-order valence-electron chi connectivity index (χ4n) is 7.00. The second-order valence-electron chi connectivity index (χ2n) is 12.4. The van der Waals surface area contributed by atoms with Crippen LogP contribution in [0.3, 0.4) is 0 Å². The number of benzene rings is 2. The zero-order valence-electron chi connectivity index (χ0n) is 23.5. The number of carbonyl (C=O) groups excluding carboxylic acids is 3. The molecule has 4 aliphatic rings. The molecular weight excluding hydrogens is 504 g/mol. The molecule has 212 valence electrons. The van der Waals surface area contributed by atoms with E-state index in [1.165, 1.54) is 61.2 Å². The summed E-state index contributed by atoms with van der Waals surface area (Å²) in [4.78, 5) is 41.3. The predicted octanol–water partition coefficient (Wildman–Crippen LogP) is 4.26. The molecule has 3 unspecified atom stereocenters. The summed E-state index contributed by atoms with van der Waals surface area (Å²) in [6.07, 6.45) is 5.96. The van der Waals surface area contributed by atoms with Gasteiger partial charge in [0, 0.05) is 37.3 Å². The van der Waals surface area contributed by atoms with Crippen LogP contribution in [0.1, 0.15) is 90.7 Å². The lowest BCUT2D eigenvalue weighted by molar-refractivity contribution is -0.139. The molecular formula is C32H40N4O4. The van der Waals surface area contributed by atoms with Gasteiger partial charge in [0.05, 0.1) is 5.56 Å².